The number of fused-ring (bicyclic) bond motifs is 1. The molecule has 2 aromatic carbocycles. The number of ether oxygens (including phenoxy) is 1. The molecule has 0 spiro atoms. The molecule has 0 amide bonds. The molecule has 0 radical (unpaired) electrons. The number of aromatic nitrogens is 1. The van der Waals surface area contributed by atoms with E-state index in [4.69, 9.17) is 9.72 Å². The van der Waals surface area contributed by atoms with Gasteiger partial charge in [-0.1, -0.05) is 30.3 Å². The number of para-hydroxylation sites is 3. The fourth-order valence-electron chi connectivity index (χ4n) is 4.16. The highest BCUT2D eigenvalue weighted by Crippen LogP contribution is 2.30. The summed E-state index contributed by atoms with van der Waals surface area (Å²) in [7, 11) is 7.57. The van der Waals surface area contributed by atoms with Crippen LogP contribution in [-0.4, -0.2) is 58.3 Å². The number of methoxy groups -OCH3 is 1. The van der Waals surface area contributed by atoms with Crippen molar-refractivity contribution in [2.24, 2.45) is 4.99 Å². The molecule has 4 rings (SSSR count). The second kappa shape index (κ2) is 11.4. The fraction of sp³-hybridized carbons (Fsp3) is 0.360. The van der Waals surface area contributed by atoms with Crippen molar-refractivity contribution in [3.8, 4) is 5.75 Å². The van der Waals surface area contributed by atoms with E-state index in [2.05, 4.69) is 56.9 Å². The molecular weight excluding hydrogens is 527 g/mol. The van der Waals surface area contributed by atoms with Gasteiger partial charge in [-0.05, 0) is 36.2 Å². The normalized spacial score (nSPS) is 15.8. The smallest absolute Gasteiger partial charge is 0.191 e. The monoisotopic (exact) mass is 560 g/mol. The maximum atomic E-state index is 5.54. The molecule has 0 bridgehead atoms. The summed E-state index contributed by atoms with van der Waals surface area (Å²) in [6.07, 6.45) is 1.04. The number of aliphatic imine (C=N–C) groups is 1. The molecule has 2 heterocycles. The average molecular weight is 560 g/mol. The van der Waals surface area contributed by atoms with Crippen molar-refractivity contribution in [1.82, 2.24) is 15.6 Å². The van der Waals surface area contributed by atoms with Gasteiger partial charge in [0.25, 0.3) is 0 Å². The molecule has 1 aromatic heterocycles. The number of hydrogen-bond donors (Lipinski definition) is 2. The Morgan fingerprint density at radius 3 is 2.70 bits per heavy atom. The van der Waals surface area contributed by atoms with Crippen molar-refractivity contribution in [3.05, 3.63) is 60.2 Å². The van der Waals surface area contributed by atoms with Gasteiger partial charge in [0.1, 0.15) is 11.6 Å². The molecule has 7 nitrogen and oxygen atoms in total. The van der Waals surface area contributed by atoms with Crippen LogP contribution in [0.2, 0.25) is 0 Å². The topological polar surface area (TPSA) is 65.0 Å². The predicted molar refractivity (Wildman–Crippen MR) is 148 cm³/mol. The highest BCUT2D eigenvalue weighted by atomic mass is 127. The molecule has 1 unspecified atom stereocenters. The van der Waals surface area contributed by atoms with Gasteiger partial charge in [0.2, 0.25) is 0 Å². The third-order valence-electron chi connectivity index (χ3n) is 5.87. The Morgan fingerprint density at radius 1 is 1.18 bits per heavy atom. The molecule has 1 aliphatic rings. The average Bonchev–Trinajstić information content (AvgIpc) is 3.29. The summed E-state index contributed by atoms with van der Waals surface area (Å²) in [5.74, 6) is 2.67. The third-order valence-corrected chi connectivity index (χ3v) is 5.87. The summed E-state index contributed by atoms with van der Waals surface area (Å²) in [5.41, 5.74) is 3.34. The van der Waals surface area contributed by atoms with Gasteiger partial charge in [0, 0.05) is 52.2 Å². The van der Waals surface area contributed by atoms with E-state index < -0.39 is 0 Å². The number of benzene rings is 2. The molecule has 0 saturated carbocycles. The minimum atomic E-state index is 0. The van der Waals surface area contributed by atoms with Crippen LogP contribution in [0.4, 0.5) is 11.5 Å². The van der Waals surface area contributed by atoms with Crippen LogP contribution in [0.1, 0.15) is 12.0 Å². The maximum absolute atomic E-state index is 5.54. The van der Waals surface area contributed by atoms with E-state index in [0.717, 1.165) is 53.6 Å². The molecule has 2 N–H and O–H groups in total. The van der Waals surface area contributed by atoms with Gasteiger partial charge in [-0.3, -0.25) is 4.99 Å². The molecule has 8 heteroatoms. The first-order valence-corrected chi connectivity index (χ1v) is 11.0. The van der Waals surface area contributed by atoms with Crippen LogP contribution in [0.15, 0.2) is 59.6 Å². The summed E-state index contributed by atoms with van der Waals surface area (Å²) in [6, 6.07) is 18.9. The van der Waals surface area contributed by atoms with E-state index in [9.17, 15) is 0 Å². The lowest BCUT2D eigenvalue weighted by atomic mass is 10.1. The zero-order valence-corrected chi connectivity index (χ0v) is 22.0. The van der Waals surface area contributed by atoms with Crippen LogP contribution < -0.4 is 25.2 Å². The molecule has 33 heavy (non-hydrogen) atoms. The zero-order chi connectivity index (χ0) is 22.5. The van der Waals surface area contributed by atoms with Gasteiger partial charge in [0.05, 0.1) is 18.3 Å². The molecule has 0 aliphatic carbocycles. The summed E-state index contributed by atoms with van der Waals surface area (Å²) >= 11 is 0. The number of guanidine groups is 1. The summed E-state index contributed by atoms with van der Waals surface area (Å²) in [5, 5.41) is 8.24. The van der Waals surface area contributed by atoms with Gasteiger partial charge >= 0.3 is 0 Å². The summed E-state index contributed by atoms with van der Waals surface area (Å²) in [4.78, 5) is 13.6. The molecule has 176 valence electrons. The Balaban J connectivity index is 0.00000306. The summed E-state index contributed by atoms with van der Waals surface area (Å²) < 4.78 is 5.54. The van der Waals surface area contributed by atoms with Gasteiger partial charge < -0.3 is 25.2 Å². The highest BCUT2D eigenvalue weighted by Gasteiger charge is 2.25. The van der Waals surface area contributed by atoms with Crippen LogP contribution in [0, 0.1) is 0 Å². The van der Waals surface area contributed by atoms with Crippen LogP contribution >= 0.6 is 24.0 Å². The lowest BCUT2D eigenvalue weighted by molar-refractivity contribution is 0.415. The largest absolute Gasteiger partial charge is 0.495 e. The lowest BCUT2D eigenvalue weighted by Crippen LogP contribution is -2.44. The Kier molecular flexibility index (Phi) is 8.60. The Hall–Kier alpha value is -2.75. The van der Waals surface area contributed by atoms with E-state index in [-0.39, 0.29) is 24.0 Å². The first kappa shape index (κ1) is 24.9. The SMILES string of the molecule is CN=C(NCc1cc(N(C)C)nc2ccccc12)NC1CCN(c2ccccc2OC)C1.I. The van der Waals surface area contributed by atoms with Gasteiger partial charge in [-0.15, -0.1) is 24.0 Å². The zero-order valence-electron chi connectivity index (χ0n) is 19.7. The number of hydrogen-bond acceptors (Lipinski definition) is 5. The van der Waals surface area contributed by atoms with Crippen molar-refractivity contribution in [2.45, 2.75) is 19.0 Å². The number of rotatable bonds is 6. The number of nitrogens with one attached hydrogen (secondary N) is 2. The van der Waals surface area contributed by atoms with Crippen LogP contribution in [0.3, 0.4) is 0 Å². The van der Waals surface area contributed by atoms with Crippen molar-refractivity contribution >= 4 is 52.3 Å². The molecule has 1 atom stereocenters. The minimum absolute atomic E-state index is 0. The summed E-state index contributed by atoms with van der Waals surface area (Å²) in [6.45, 7) is 2.56. The van der Waals surface area contributed by atoms with Crippen molar-refractivity contribution in [2.75, 3.05) is 51.1 Å². The Morgan fingerprint density at radius 2 is 1.94 bits per heavy atom. The van der Waals surface area contributed by atoms with Gasteiger partial charge in [0.15, 0.2) is 5.96 Å². The van der Waals surface area contributed by atoms with Crippen molar-refractivity contribution in [1.29, 1.82) is 0 Å². The Bertz CT molecular complexity index is 1100. The maximum Gasteiger partial charge on any atom is 0.191 e. The molecule has 1 aliphatic heterocycles. The fourth-order valence-corrected chi connectivity index (χ4v) is 4.16. The first-order chi connectivity index (χ1) is 15.6. The quantitative estimate of drug-likeness (QED) is 0.271. The number of nitrogens with zero attached hydrogens (tertiary/aromatic N) is 4. The third kappa shape index (κ3) is 5.79. The first-order valence-electron chi connectivity index (χ1n) is 11.0. The minimum Gasteiger partial charge on any atom is -0.495 e. The van der Waals surface area contributed by atoms with Crippen LogP contribution in [0.5, 0.6) is 5.75 Å². The molecular formula is C25H33IN6O. The standard InChI is InChI=1S/C25H32N6O.HI/c1-26-25(28-19-13-14-31(17-19)22-11-7-8-12-23(22)32-4)27-16-18-15-24(30(2)3)29-21-10-6-5-9-20(18)21;/h5-12,15,19H,13-14,16-17H2,1-4H3,(H2,26,27,28);1H. The van der Waals surface area contributed by atoms with E-state index in [1.165, 1.54) is 5.56 Å². The predicted octanol–water partition coefficient (Wildman–Crippen LogP) is 3.87. The number of halogens is 1. The van der Waals surface area contributed by atoms with Crippen LogP contribution in [-0.2, 0) is 6.54 Å². The number of anilines is 2. The van der Waals surface area contributed by atoms with Gasteiger partial charge in [-0.25, -0.2) is 4.98 Å². The molecule has 3 aromatic rings. The van der Waals surface area contributed by atoms with E-state index in [1.54, 1.807) is 7.11 Å². The second-order valence-corrected chi connectivity index (χ2v) is 8.22. The van der Waals surface area contributed by atoms with Gasteiger partial charge in [-0.2, -0.15) is 0 Å². The Labute approximate surface area is 213 Å². The number of pyridine rings is 1. The van der Waals surface area contributed by atoms with Crippen LogP contribution in [0.25, 0.3) is 10.9 Å². The van der Waals surface area contributed by atoms with Crippen molar-refractivity contribution < 1.29 is 4.74 Å². The second-order valence-electron chi connectivity index (χ2n) is 8.22. The van der Waals surface area contributed by atoms with E-state index in [1.807, 2.05) is 44.2 Å². The van der Waals surface area contributed by atoms with E-state index in [0.29, 0.717) is 12.6 Å². The highest BCUT2D eigenvalue weighted by molar-refractivity contribution is 14.0. The molecule has 1 saturated heterocycles. The van der Waals surface area contributed by atoms with Crippen molar-refractivity contribution in [3.63, 3.8) is 0 Å². The van der Waals surface area contributed by atoms with E-state index >= 15 is 0 Å². The molecule has 1 fully saturated rings. The lowest BCUT2D eigenvalue weighted by Gasteiger charge is -2.22.